The van der Waals surface area contributed by atoms with E-state index in [-0.39, 0.29) is 15.9 Å². The van der Waals surface area contributed by atoms with E-state index in [1.165, 1.54) is 24.5 Å². The van der Waals surface area contributed by atoms with Gasteiger partial charge in [-0.3, -0.25) is 9.59 Å². The monoisotopic (exact) mass is 383 g/mol. The molecule has 0 fully saturated rings. The van der Waals surface area contributed by atoms with Crippen molar-refractivity contribution in [2.24, 2.45) is 12.1 Å². The fraction of sp³-hybridized carbons (Fsp3) is 0.105. The Hall–Kier alpha value is -3.26. The van der Waals surface area contributed by atoms with E-state index in [1.54, 1.807) is 41.9 Å². The van der Waals surface area contributed by atoms with Crippen molar-refractivity contribution < 1.29 is 13.2 Å². The first kappa shape index (κ1) is 18.5. The Morgan fingerprint density at radius 3 is 2.44 bits per heavy atom. The second-order valence-electron chi connectivity index (χ2n) is 6.04. The summed E-state index contributed by atoms with van der Waals surface area (Å²) in [6, 6.07) is 13.1. The highest BCUT2D eigenvalue weighted by Crippen LogP contribution is 2.10. The van der Waals surface area contributed by atoms with Crippen molar-refractivity contribution in [2.45, 2.75) is 4.90 Å². The third kappa shape index (κ3) is 3.95. The fourth-order valence-corrected chi connectivity index (χ4v) is 3.26. The molecule has 27 heavy (non-hydrogen) atoms. The topological polar surface area (TPSA) is 97.6 Å². The number of nitrogens with zero attached hydrogens (tertiary/aromatic N) is 2. The molecule has 3 aromatic rings. The van der Waals surface area contributed by atoms with Gasteiger partial charge in [0, 0.05) is 24.9 Å². The molecule has 0 saturated carbocycles. The van der Waals surface area contributed by atoms with Crippen molar-refractivity contribution in [3.63, 3.8) is 0 Å². The number of pyridine rings is 1. The standard InChI is InChI=1S/C19H17N3O4S/c1-22-12-16(18(23)15-5-3-4-6-17(15)22)19(24)21-20-11-13-7-9-14(10-8-13)27(2,25)26/h3-12H,1-2H3,(H,21,24). The molecule has 0 aliphatic heterocycles. The third-order valence-corrected chi connectivity index (χ3v) is 5.16. The fourth-order valence-electron chi connectivity index (χ4n) is 2.63. The van der Waals surface area contributed by atoms with Gasteiger partial charge in [0.2, 0.25) is 5.43 Å². The molecule has 0 saturated heterocycles. The maximum atomic E-state index is 12.5. The van der Waals surface area contributed by atoms with Crippen LogP contribution in [0.2, 0.25) is 0 Å². The van der Waals surface area contributed by atoms with E-state index in [0.717, 1.165) is 11.8 Å². The number of nitrogens with one attached hydrogen (secondary N) is 1. The number of carbonyl (C=O) groups excluding carboxylic acids is 1. The zero-order valence-corrected chi connectivity index (χ0v) is 15.5. The largest absolute Gasteiger partial charge is 0.350 e. The van der Waals surface area contributed by atoms with E-state index in [4.69, 9.17) is 0 Å². The number of benzene rings is 2. The zero-order valence-electron chi connectivity index (χ0n) is 14.7. The van der Waals surface area contributed by atoms with E-state index in [2.05, 4.69) is 10.5 Å². The van der Waals surface area contributed by atoms with Gasteiger partial charge in [0.1, 0.15) is 5.56 Å². The van der Waals surface area contributed by atoms with Crippen LogP contribution in [0.1, 0.15) is 15.9 Å². The molecular formula is C19H17N3O4S. The van der Waals surface area contributed by atoms with E-state index in [9.17, 15) is 18.0 Å². The number of amides is 1. The first-order valence-electron chi connectivity index (χ1n) is 7.99. The number of hydrogen-bond acceptors (Lipinski definition) is 5. The average molecular weight is 383 g/mol. The second kappa shape index (κ2) is 7.16. The molecular weight excluding hydrogens is 366 g/mol. The predicted octanol–water partition coefficient (Wildman–Crippen LogP) is 1.71. The van der Waals surface area contributed by atoms with E-state index in [1.807, 2.05) is 6.07 Å². The molecule has 7 nitrogen and oxygen atoms in total. The van der Waals surface area contributed by atoms with Crippen LogP contribution in [-0.4, -0.2) is 31.4 Å². The second-order valence-corrected chi connectivity index (χ2v) is 8.06. The number of carbonyl (C=O) groups is 1. The zero-order chi connectivity index (χ0) is 19.6. The maximum Gasteiger partial charge on any atom is 0.276 e. The lowest BCUT2D eigenvalue weighted by Gasteiger charge is -2.07. The van der Waals surface area contributed by atoms with Gasteiger partial charge in [-0.2, -0.15) is 5.10 Å². The summed E-state index contributed by atoms with van der Waals surface area (Å²) in [5.74, 6) is -0.620. The van der Waals surface area contributed by atoms with Gasteiger partial charge >= 0.3 is 0 Å². The van der Waals surface area contributed by atoms with E-state index in [0.29, 0.717) is 10.9 Å². The van der Waals surface area contributed by atoms with Crippen LogP contribution < -0.4 is 10.9 Å². The van der Waals surface area contributed by atoms with Gasteiger partial charge in [0.25, 0.3) is 5.91 Å². The molecule has 0 spiro atoms. The normalized spacial score (nSPS) is 11.8. The minimum absolute atomic E-state index is 0.0132. The SMILES string of the molecule is Cn1cc(C(=O)NN=Cc2ccc(S(C)(=O)=O)cc2)c(=O)c2ccccc21. The summed E-state index contributed by atoms with van der Waals surface area (Å²) in [5, 5.41) is 4.29. The molecule has 2 aromatic carbocycles. The highest BCUT2D eigenvalue weighted by Gasteiger charge is 2.13. The summed E-state index contributed by atoms with van der Waals surface area (Å²) >= 11 is 0. The van der Waals surface area contributed by atoms with E-state index >= 15 is 0 Å². The van der Waals surface area contributed by atoms with Crippen LogP contribution in [-0.2, 0) is 16.9 Å². The number of aromatic nitrogens is 1. The number of aryl methyl sites for hydroxylation is 1. The number of rotatable bonds is 4. The summed E-state index contributed by atoms with van der Waals surface area (Å²) in [7, 11) is -1.51. The Morgan fingerprint density at radius 2 is 1.78 bits per heavy atom. The Bertz CT molecular complexity index is 1210. The molecule has 1 aromatic heterocycles. The van der Waals surface area contributed by atoms with Crippen molar-refractivity contribution in [1.29, 1.82) is 0 Å². The van der Waals surface area contributed by atoms with Crippen molar-refractivity contribution in [3.8, 4) is 0 Å². The van der Waals surface area contributed by atoms with Crippen LogP contribution >= 0.6 is 0 Å². The van der Waals surface area contributed by atoms with Gasteiger partial charge in [-0.25, -0.2) is 13.8 Å². The third-order valence-electron chi connectivity index (χ3n) is 4.03. The minimum atomic E-state index is -3.27. The smallest absolute Gasteiger partial charge is 0.276 e. The summed E-state index contributed by atoms with van der Waals surface area (Å²) in [5.41, 5.74) is 3.28. The average Bonchev–Trinajstić information content (AvgIpc) is 2.64. The van der Waals surface area contributed by atoms with Crippen molar-refractivity contribution in [2.75, 3.05) is 6.26 Å². The van der Waals surface area contributed by atoms with Crippen molar-refractivity contribution >= 4 is 32.9 Å². The van der Waals surface area contributed by atoms with Gasteiger partial charge in [-0.15, -0.1) is 0 Å². The quantitative estimate of drug-likeness (QED) is 0.548. The lowest BCUT2D eigenvalue weighted by Crippen LogP contribution is -2.26. The maximum absolute atomic E-state index is 12.5. The number of para-hydroxylation sites is 1. The Morgan fingerprint density at radius 1 is 1.11 bits per heavy atom. The summed E-state index contributed by atoms with van der Waals surface area (Å²) < 4.78 is 24.6. The lowest BCUT2D eigenvalue weighted by atomic mass is 10.1. The molecule has 1 N–H and O–H groups in total. The van der Waals surface area contributed by atoms with Crippen molar-refractivity contribution in [3.05, 3.63) is 76.1 Å². The molecule has 0 unspecified atom stereocenters. The van der Waals surface area contributed by atoms with Gasteiger partial charge in [0.05, 0.1) is 16.6 Å². The van der Waals surface area contributed by atoms with E-state index < -0.39 is 15.7 Å². The molecule has 0 aliphatic carbocycles. The first-order valence-corrected chi connectivity index (χ1v) is 9.88. The summed E-state index contributed by atoms with van der Waals surface area (Å²) in [6.07, 6.45) is 3.96. The summed E-state index contributed by atoms with van der Waals surface area (Å²) in [4.78, 5) is 25.0. The molecule has 0 aliphatic rings. The first-order chi connectivity index (χ1) is 12.8. The summed E-state index contributed by atoms with van der Waals surface area (Å²) in [6.45, 7) is 0. The molecule has 3 rings (SSSR count). The molecule has 0 bridgehead atoms. The van der Waals surface area contributed by atoms with Crippen LogP contribution in [0.3, 0.4) is 0 Å². The van der Waals surface area contributed by atoms with Crippen LogP contribution in [0, 0.1) is 0 Å². The number of hydrazone groups is 1. The van der Waals surface area contributed by atoms with Gasteiger partial charge < -0.3 is 4.57 Å². The highest BCUT2D eigenvalue weighted by molar-refractivity contribution is 7.90. The van der Waals surface area contributed by atoms with Crippen LogP contribution in [0.5, 0.6) is 0 Å². The molecule has 0 radical (unpaired) electrons. The Balaban J connectivity index is 1.80. The van der Waals surface area contributed by atoms with Gasteiger partial charge in [-0.05, 0) is 29.8 Å². The van der Waals surface area contributed by atoms with Crippen LogP contribution in [0.25, 0.3) is 10.9 Å². The van der Waals surface area contributed by atoms with Crippen LogP contribution in [0.15, 0.2) is 69.5 Å². The van der Waals surface area contributed by atoms with Gasteiger partial charge in [0.15, 0.2) is 9.84 Å². The van der Waals surface area contributed by atoms with Gasteiger partial charge in [-0.1, -0.05) is 24.3 Å². The highest BCUT2D eigenvalue weighted by atomic mass is 32.2. The predicted molar refractivity (Wildman–Crippen MR) is 104 cm³/mol. The molecule has 0 atom stereocenters. The number of fused-ring (bicyclic) bond motifs is 1. The lowest BCUT2D eigenvalue weighted by molar-refractivity contribution is 0.0953. The minimum Gasteiger partial charge on any atom is -0.350 e. The molecule has 1 heterocycles. The van der Waals surface area contributed by atoms with Crippen molar-refractivity contribution in [1.82, 2.24) is 9.99 Å². The number of sulfone groups is 1. The molecule has 138 valence electrons. The number of hydrogen-bond donors (Lipinski definition) is 1. The van der Waals surface area contributed by atoms with Crippen LogP contribution in [0.4, 0.5) is 0 Å². The molecule has 8 heteroatoms. The molecule has 1 amide bonds. The Labute approximate surface area is 155 Å². The Kier molecular flexibility index (Phi) is 4.91.